The van der Waals surface area contributed by atoms with E-state index < -0.39 is 11.6 Å². The highest BCUT2D eigenvalue weighted by molar-refractivity contribution is 5.79. The molecule has 0 aliphatic heterocycles. The molecule has 0 fully saturated rings. The van der Waals surface area contributed by atoms with Crippen molar-refractivity contribution in [3.63, 3.8) is 0 Å². The van der Waals surface area contributed by atoms with Gasteiger partial charge in [0.25, 0.3) is 0 Å². The lowest BCUT2D eigenvalue weighted by Gasteiger charge is -2.11. The summed E-state index contributed by atoms with van der Waals surface area (Å²) in [4.78, 5) is 4.44. The number of furan rings is 1. The second-order valence-corrected chi connectivity index (χ2v) is 5.22. The lowest BCUT2D eigenvalue weighted by molar-refractivity contribution is 0.501. The van der Waals surface area contributed by atoms with Crippen molar-refractivity contribution >= 4 is 5.96 Å². The summed E-state index contributed by atoms with van der Waals surface area (Å²) >= 11 is 0. The molecule has 1 aromatic carbocycles. The minimum absolute atomic E-state index is 0.152. The Morgan fingerprint density at radius 3 is 2.57 bits per heavy atom. The molecule has 23 heavy (non-hydrogen) atoms. The Labute approximate surface area is 134 Å². The maximum atomic E-state index is 13.6. The van der Waals surface area contributed by atoms with Gasteiger partial charge in [-0.2, -0.15) is 0 Å². The van der Waals surface area contributed by atoms with Gasteiger partial charge in [-0.1, -0.05) is 0 Å². The van der Waals surface area contributed by atoms with Crippen LogP contribution >= 0.6 is 0 Å². The van der Waals surface area contributed by atoms with Gasteiger partial charge < -0.3 is 15.1 Å². The van der Waals surface area contributed by atoms with E-state index in [1.807, 2.05) is 26.8 Å². The molecular weight excluding hydrogens is 300 g/mol. The Balaban J connectivity index is 2.04. The van der Waals surface area contributed by atoms with Crippen LogP contribution in [0.1, 0.15) is 29.6 Å². The Hall–Kier alpha value is -2.37. The standard InChI is InChI=1S/C17H21F2N3O/c1-4-20-17(21-9-13-7-11(2)23-12(13)3)22-10-14-8-15(18)5-6-16(14)19/h5-8H,4,9-10H2,1-3H3,(H2,20,21,22). The highest BCUT2D eigenvalue weighted by atomic mass is 19.1. The Morgan fingerprint density at radius 1 is 1.13 bits per heavy atom. The average molecular weight is 321 g/mol. The molecular formula is C17H21F2N3O. The van der Waals surface area contributed by atoms with Crippen molar-refractivity contribution in [2.24, 2.45) is 4.99 Å². The average Bonchev–Trinajstić information content (AvgIpc) is 2.83. The highest BCUT2D eigenvalue weighted by Crippen LogP contribution is 2.14. The zero-order chi connectivity index (χ0) is 16.8. The largest absolute Gasteiger partial charge is 0.466 e. The summed E-state index contributed by atoms with van der Waals surface area (Å²) in [6.45, 7) is 6.98. The third kappa shape index (κ3) is 4.81. The molecule has 2 rings (SSSR count). The van der Waals surface area contributed by atoms with Crippen LogP contribution in [0.25, 0.3) is 0 Å². The van der Waals surface area contributed by atoms with Crippen LogP contribution in [0.15, 0.2) is 33.7 Å². The number of nitrogens with one attached hydrogen (secondary N) is 2. The van der Waals surface area contributed by atoms with Crippen molar-refractivity contribution in [1.29, 1.82) is 0 Å². The van der Waals surface area contributed by atoms with Crippen LogP contribution in [0.4, 0.5) is 8.78 Å². The first kappa shape index (κ1) is 17.0. The summed E-state index contributed by atoms with van der Waals surface area (Å²) in [7, 11) is 0. The topological polar surface area (TPSA) is 49.6 Å². The van der Waals surface area contributed by atoms with E-state index in [-0.39, 0.29) is 12.1 Å². The summed E-state index contributed by atoms with van der Waals surface area (Å²) in [6.07, 6.45) is 0. The van der Waals surface area contributed by atoms with Gasteiger partial charge in [-0.05, 0) is 45.0 Å². The first-order valence-electron chi connectivity index (χ1n) is 7.51. The molecule has 2 aromatic rings. The summed E-state index contributed by atoms with van der Waals surface area (Å²) in [5.74, 6) is 1.30. The van der Waals surface area contributed by atoms with Gasteiger partial charge in [0.1, 0.15) is 23.2 Å². The van der Waals surface area contributed by atoms with Crippen LogP contribution in [0, 0.1) is 25.5 Å². The highest BCUT2D eigenvalue weighted by Gasteiger charge is 2.07. The van der Waals surface area contributed by atoms with Crippen LogP contribution in [0.3, 0.4) is 0 Å². The summed E-state index contributed by atoms with van der Waals surface area (Å²) in [6, 6.07) is 5.33. The predicted molar refractivity (Wildman–Crippen MR) is 86.2 cm³/mol. The normalized spacial score (nSPS) is 11.6. The molecule has 0 aliphatic carbocycles. The van der Waals surface area contributed by atoms with E-state index >= 15 is 0 Å². The number of guanidine groups is 1. The van der Waals surface area contributed by atoms with Gasteiger partial charge in [0.05, 0.1) is 6.54 Å². The monoisotopic (exact) mass is 321 g/mol. The number of aliphatic imine (C=N–C) groups is 1. The second kappa shape index (κ2) is 7.76. The summed E-state index contributed by atoms with van der Waals surface area (Å²) < 4.78 is 32.3. The van der Waals surface area contributed by atoms with Crippen molar-refractivity contribution in [3.8, 4) is 0 Å². The van der Waals surface area contributed by atoms with Gasteiger partial charge in [0, 0.05) is 24.2 Å². The van der Waals surface area contributed by atoms with Crippen LogP contribution < -0.4 is 10.6 Å². The molecule has 4 nitrogen and oxygen atoms in total. The fourth-order valence-corrected chi connectivity index (χ4v) is 2.20. The molecule has 0 aliphatic rings. The zero-order valence-electron chi connectivity index (χ0n) is 13.5. The SMILES string of the molecule is CCNC(=NCc1cc(C)oc1C)NCc1cc(F)ccc1F. The van der Waals surface area contributed by atoms with Crippen molar-refractivity contribution in [2.75, 3.05) is 6.54 Å². The smallest absolute Gasteiger partial charge is 0.191 e. The minimum atomic E-state index is -0.463. The molecule has 1 heterocycles. The van der Waals surface area contributed by atoms with E-state index in [0.717, 1.165) is 29.2 Å². The van der Waals surface area contributed by atoms with Gasteiger partial charge >= 0.3 is 0 Å². The third-order valence-corrected chi connectivity index (χ3v) is 3.35. The number of benzene rings is 1. The number of aryl methyl sites for hydroxylation is 2. The van der Waals surface area contributed by atoms with Crippen LogP contribution in [-0.4, -0.2) is 12.5 Å². The first-order valence-corrected chi connectivity index (χ1v) is 7.51. The van der Waals surface area contributed by atoms with Gasteiger partial charge in [0.15, 0.2) is 5.96 Å². The van der Waals surface area contributed by atoms with Gasteiger partial charge in [0.2, 0.25) is 0 Å². The van der Waals surface area contributed by atoms with Crippen molar-refractivity contribution in [1.82, 2.24) is 10.6 Å². The number of hydrogen-bond acceptors (Lipinski definition) is 2. The van der Waals surface area contributed by atoms with Gasteiger partial charge in [-0.15, -0.1) is 0 Å². The van der Waals surface area contributed by atoms with E-state index in [4.69, 9.17) is 4.42 Å². The van der Waals surface area contributed by atoms with E-state index in [2.05, 4.69) is 15.6 Å². The van der Waals surface area contributed by atoms with Crippen LogP contribution in [0.2, 0.25) is 0 Å². The first-order chi connectivity index (χ1) is 11.0. The van der Waals surface area contributed by atoms with Crippen molar-refractivity contribution in [3.05, 3.63) is 58.5 Å². The number of nitrogens with zero attached hydrogens (tertiary/aromatic N) is 1. The third-order valence-electron chi connectivity index (χ3n) is 3.35. The molecule has 0 saturated heterocycles. The zero-order valence-corrected chi connectivity index (χ0v) is 13.5. The molecule has 0 atom stereocenters. The molecule has 1 aromatic heterocycles. The maximum Gasteiger partial charge on any atom is 0.191 e. The van der Waals surface area contributed by atoms with Gasteiger partial charge in [-0.25, -0.2) is 13.8 Å². The Kier molecular flexibility index (Phi) is 5.73. The minimum Gasteiger partial charge on any atom is -0.466 e. The molecule has 124 valence electrons. The Morgan fingerprint density at radius 2 is 1.91 bits per heavy atom. The molecule has 0 unspecified atom stereocenters. The number of rotatable bonds is 5. The second-order valence-electron chi connectivity index (χ2n) is 5.22. The van der Waals surface area contributed by atoms with Crippen molar-refractivity contribution in [2.45, 2.75) is 33.9 Å². The van der Waals surface area contributed by atoms with E-state index in [1.54, 1.807) is 0 Å². The maximum absolute atomic E-state index is 13.6. The molecule has 0 amide bonds. The van der Waals surface area contributed by atoms with Gasteiger partial charge in [-0.3, -0.25) is 0 Å². The molecule has 0 spiro atoms. The molecule has 0 bridgehead atoms. The van der Waals surface area contributed by atoms with Crippen LogP contribution in [0.5, 0.6) is 0 Å². The van der Waals surface area contributed by atoms with Crippen LogP contribution in [-0.2, 0) is 13.1 Å². The van der Waals surface area contributed by atoms with E-state index in [0.29, 0.717) is 19.0 Å². The fourth-order valence-electron chi connectivity index (χ4n) is 2.20. The lowest BCUT2D eigenvalue weighted by atomic mass is 10.2. The number of hydrogen-bond donors (Lipinski definition) is 2. The molecule has 0 radical (unpaired) electrons. The molecule has 6 heteroatoms. The summed E-state index contributed by atoms with van der Waals surface area (Å²) in [5.41, 5.74) is 1.25. The summed E-state index contributed by atoms with van der Waals surface area (Å²) in [5, 5.41) is 6.08. The van der Waals surface area contributed by atoms with Crippen molar-refractivity contribution < 1.29 is 13.2 Å². The predicted octanol–water partition coefficient (Wildman–Crippen LogP) is 3.43. The quantitative estimate of drug-likeness (QED) is 0.655. The lowest BCUT2D eigenvalue weighted by Crippen LogP contribution is -2.37. The van der Waals surface area contributed by atoms with E-state index in [9.17, 15) is 8.78 Å². The van der Waals surface area contributed by atoms with E-state index in [1.165, 1.54) is 6.07 Å². The Bertz CT molecular complexity index is 695. The molecule has 2 N–H and O–H groups in total. The fraction of sp³-hybridized carbons (Fsp3) is 0.353. The molecule has 0 saturated carbocycles. The number of halogens is 2.